The van der Waals surface area contributed by atoms with E-state index in [2.05, 4.69) is 94.6 Å². The molecule has 1 saturated heterocycles. The van der Waals surface area contributed by atoms with Crippen molar-refractivity contribution in [2.75, 3.05) is 13.1 Å². The first-order chi connectivity index (χ1) is 18.9. The number of aromatic nitrogens is 2. The number of H-pyrrole nitrogens is 2. The van der Waals surface area contributed by atoms with Crippen LogP contribution in [0.4, 0.5) is 0 Å². The number of aliphatic imine (C=N–C) groups is 2. The zero-order valence-electron chi connectivity index (χ0n) is 20.1. The normalized spacial score (nSPS) is 37.0. The number of hydrogen-bond donors (Lipinski definition) is 8. The summed E-state index contributed by atoms with van der Waals surface area (Å²) in [7, 11) is 0. The second-order valence-electron chi connectivity index (χ2n) is 10.5. The smallest absolute Gasteiger partial charge is 0.272 e. The molecule has 5 aliphatic rings. The van der Waals surface area contributed by atoms with Gasteiger partial charge in [-0.15, -0.1) is 11.6 Å². The number of hydrogen-bond acceptors (Lipinski definition) is 9. The molecule has 1 aliphatic carbocycles. The number of nitrogens with zero attached hydrogens (tertiary/aromatic N) is 3. The number of aromatic amines is 2. The fourth-order valence-corrected chi connectivity index (χ4v) is 9.62. The van der Waals surface area contributed by atoms with E-state index in [1.807, 2.05) is 0 Å². The molecule has 2 spiro atoms. The quantitative estimate of drug-likeness (QED) is 0.214. The molecule has 0 unspecified atom stereocenters. The molecule has 4 aliphatic heterocycles. The van der Waals surface area contributed by atoms with Gasteiger partial charge in [-0.25, -0.2) is 9.98 Å². The molecule has 8 atom stereocenters. The fraction of sp³-hybridized carbons (Fsp3) is 0.455. The van der Waals surface area contributed by atoms with Crippen LogP contribution >= 0.6 is 75.3 Å². The van der Waals surface area contributed by atoms with E-state index < -0.39 is 40.7 Å². The summed E-state index contributed by atoms with van der Waals surface area (Å²) in [4.78, 5) is 43.8. The number of nitrogens with one attached hydrogen (secondary N) is 5. The molecule has 0 aromatic carbocycles. The third-order valence-corrected chi connectivity index (χ3v) is 13.2. The second kappa shape index (κ2) is 8.86. The van der Waals surface area contributed by atoms with Gasteiger partial charge in [-0.05, 0) is 75.7 Å². The average Bonchev–Trinajstić information content (AvgIpc) is 3.69. The highest BCUT2D eigenvalue weighted by Crippen LogP contribution is 2.65. The zero-order chi connectivity index (χ0) is 28.5. The van der Waals surface area contributed by atoms with Crippen LogP contribution in [0.15, 0.2) is 34.2 Å². The molecule has 2 amide bonds. The maximum Gasteiger partial charge on any atom is 0.272 e. The van der Waals surface area contributed by atoms with Crippen LogP contribution in [0.3, 0.4) is 0 Å². The molecule has 6 heterocycles. The van der Waals surface area contributed by atoms with Crippen LogP contribution in [0.2, 0.25) is 0 Å². The van der Waals surface area contributed by atoms with Gasteiger partial charge in [0.15, 0.2) is 18.1 Å². The summed E-state index contributed by atoms with van der Waals surface area (Å²) < 4.78 is 2.60. The molecule has 2 aromatic rings. The van der Waals surface area contributed by atoms with Crippen molar-refractivity contribution in [1.29, 1.82) is 0 Å². The Bertz CT molecular complexity index is 1540. The summed E-state index contributed by atoms with van der Waals surface area (Å²) in [6.07, 6.45) is -1.32. The number of halogens is 5. The molecule has 1 saturated carbocycles. The molecular weight excluding hydrogens is 807 g/mol. The number of aliphatic hydroxyl groups excluding tert-OH is 1. The summed E-state index contributed by atoms with van der Waals surface area (Å²) in [5, 5.41) is 20.2. The van der Waals surface area contributed by atoms with Crippen molar-refractivity contribution in [2.45, 2.75) is 28.8 Å². The monoisotopic (exact) mass is 824 g/mol. The maximum atomic E-state index is 14.0. The standard InChI is InChI=1S/C22H21Br4ClN10O3/c23-6-1-7(31-14(6)25)16(38)30-2-4-5-3-37-17(39)10-8(9(24)15(26)32-10)13-22(37,36-19(28)33-13)11(5)21(12(4)27)18(40)34-20(29)35-21/h1,4-5,11-13,18,31-32,40H,2-3H2,(H,30,38)(H3,28,33,36)(H3,29,34,35)/t4-,5-,11+,12+,13+,18+,21+,22-/m0/s1. The predicted molar refractivity (Wildman–Crippen MR) is 160 cm³/mol. The number of carbonyl (C=O) groups is 2. The van der Waals surface area contributed by atoms with E-state index >= 15 is 0 Å². The van der Waals surface area contributed by atoms with Crippen molar-refractivity contribution in [3.8, 4) is 0 Å². The van der Waals surface area contributed by atoms with Crippen molar-refractivity contribution >= 4 is 99.1 Å². The van der Waals surface area contributed by atoms with Gasteiger partial charge in [0, 0.05) is 30.5 Å². The first-order valence-electron chi connectivity index (χ1n) is 12.2. The summed E-state index contributed by atoms with van der Waals surface area (Å²) >= 11 is 21.0. The summed E-state index contributed by atoms with van der Waals surface area (Å²) in [5.41, 5.74) is 11.3. The van der Waals surface area contributed by atoms with E-state index in [0.29, 0.717) is 35.1 Å². The second-order valence-corrected chi connectivity index (χ2v) is 14.2. The largest absolute Gasteiger partial charge is 0.370 e. The minimum atomic E-state index is -1.32. The molecule has 2 aromatic heterocycles. The minimum absolute atomic E-state index is 0.0364. The Hall–Kier alpha value is -1.79. The summed E-state index contributed by atoms with van der Waals surface area (Å²) in [6, 6.07) is 1.03. The number of fused-ring (bicyclic) bond motifs is 4. The Morgan fingerprint density at radius 1 is 1.18 bits per heavy atom. The van der Waals surface area contributed by atoms with Crippen LogP contribution in [0.5, 0.6) is 0 Å². The number of rotatable bonds is 3. The molecule has 212 valence electrons. The van der Waals surface area contributed by atoms with E-state index in [9.17, 15) is 14.7 Å². The average molecular weight is 829 g/mol. The zero-order valence-corrected chi connectivity index (χ0v) is 27.2. The fourth-order valence-electron chi connectivity index (χ4n) is 7.46. The molecule has 10 N–H and O–H groups in total. The maximum absolute atomic E-state index is 14.0. The number of alkyl halides is 1. The van der Waals surface area contributed by atoms with Gasteiger partial charge in [0.25, 0.3) is 11.8 Å². The third kappa shape index (κ3) is 3.27. The molecular formula is C22H21Br4ClN10O3. The van der Waals surface area contributed by atoms with Crippen molar-refractivity contribution in [2.24, 2.45) is 39.2 Å². The third-order valence-electron chi connectivity index (χ3n) is 8.82. The molecule has 0 radical (unpaired) electrons. The number of guanidine groups is 2. The predicted octanol–water partition coefficient (Wildman–Crippen LogP) is 1.39. The number of nitrogens with two attached hydrogens (primary N) is 2. The van der Waals surface area contributed by atoms with E-state index in [4.69, 9.17) is 28.1 Å². The Morgan fingerprint density at radius 2 is 1.90 bits per heavy atom. The lowest BCUT2D eigenvalue weighted by molar-refractivity contribution is -0.0124. The van der Waals surface area contributed by atoms with Gasteiger partial charge in [-0.3, -0.25) is 9.59 Å². The number of aliphatic hydroxyl groups is 1. The van der Waals surface area contributed by atoms with Gasteiger partial charge >= 0.3 is 0 Å². The minimum Gasteiger partial charge on any atom is -0.370 e. The SMILES string of the molecule is NC1=N[C@H](O)[C@]2(N1)[C@H](Cl)[C@@H](CNC(=O)c1cc(Br)c(Br)[nH]1)[C@@H]1CN3C(=O)c4[nH]c(Br)c(Br)c4[C@H]4N=C(N)N[C@]43[C@H]12. The van der Waals surface area contributed by atoms with Gasteiger partial charge < -0.3 is 47.4 Å². The number of carbonyl (C=O) groups excluding carboxylic acids is 2. The van der Waals surface area contributed by atoms with Crippen LogP contribution in [0.1, 0.15) is 32.6 Å². The highest BCUT2D eigenvalue weighted by atomic mass is 79.9. The lowest BCUT2D eigenvalue weighted by atomic mass is 9.70. The van der Waals surface area contributed by atoms with Gasteiger partial charge in [0.05, 0.1) is 23.5 Å². The van der Waals surface area contributed by atoms with Crippen LogP contribution in [-0.4, -0.2) is 79.6 Å². The van der Waals surface area contributed by atoms with E-state index in [1.54, 1.807) is 11.0 Å². The van der Waals surface area contributed by atoms with Gasteiger partial charge in [0.2, 0.25) is 0 Å². The Labute approximate surface area is 265 Å². The molecule has 13 nitrogen and oxygen atoms in total. The molecule has 18 heteroatoms. The van der Waals surface area contributed by atoms with Crippen LogP contribution in [0.25, 0.3) is 0 Å². The lowest BCUT2D eigenvalue weighted by Crippen LogP contribution is -2.73. The Balaban J connectivity index is 1.33. The number of amides is 2. The van der Waals surface area contributed by atoms with Gasteiger partial charge in [-0.2, -0.15) is 0 Å². The summed E-state index contributed by atoms with van der Waals surface area (Å²) in [6.45, 7) is 0.432. The van der Waals surface area contributed by atoms with Crippen molar-refractivity contribution < 1.29 is 14.7 Å². The van der Waals surface area contributed by atoms with Crippen molar-refractivity contribution in [3.05, 3.63) is 41.2 Å². The Kier molecular flexibility index (Phi) is 5.99. The van der Waals surface area contributed by atoms with E-state index in [-0.39, 0.29) is 42.7 Å². The molecule has 2 fully saturated rings. The Morgan fingerprint density at radius 3 is 2.55 bits per heavy atom. The summed E-state index contributed by atoms with van der Waals surface area (Å²) in [5.74, 6) is -1.66. The lowest BCUT2D eigenvalue weighted by Gasteiger charge is -2.51. The molecule has 7 rings (SSSR count). The first-order valence-corrected chi connectivity index (χ1v) is 15.8. The van der Waals surface area contributed by atoms with Crippen molar-refractivity contribution in [1.82, 2.24) is 30.8 Å². The topological polar surface area (TPSA) is 202 Å². The molecule has 0 bridgehead atoms. The highest BCUT2D eigenvalue weighted by molar-refractivity contribution is 9.13. The van der Waals surface area contributed by atoms with E-state index in [0.717, 1.165) is 0 Å². The first kappa shape index (κ1) is 27.1. The van der Waals surface area contributed by atoms with Crippen LogP contribution < -0.4 is 27.4 Å². The molecule has 40 heavy (non-hydrogen) atoms. The van der Waals surface area contributed by atoms with Gasteiger partial charge in [-0.1, -0.05) is 0 Å². The van der Waals surface area contributed by atoms with Crippen LogP contribution in [-0.2, 0) is 0 Å². The van der Waals surface area contributed by atoms with E-state index in [1.165, 1.54) is 0 Å². The van der Waals surface area contributed by atoms with Crippen molar-refractivity contribution in [3.63, 3.8) is 0 Å². The highest BCUT2D eigenvalue weighted by Gasteiger charge is 2.79. The van der Waals surface area contributed by atoms with Gasteiger partial charge in [0.1, 0.15) is 28.6 Å². The van der Waals surface area contributed by atoms with Crippen LogP contribution in [0, 0.1) is 17.8 Å².